The lowest BCUT2D eigenvalue weighted by Gasteiger charge is -2.28. The van der Waals surface area contributed by atoms with Crippen molar-refractivity contribution >= 4 is 15.8 Å². The SMILES string of the molecule is COCCOc1cc(C(F)(F)F)ccc1C1CCOc2cc(S(=O)(=O)Nc3cccnn3)ccc21. The second kappa shape index (κ2) is 10.1. The first-order valence-corrected chi connectivity index (χ1v) is 12.1. The Hall–Kier alpha value is -3.38. The van der Waals surface area contributed by atoms with E-state index in [9.17, 15) is 21.6 Å². The maximum atomic E-state index is 13.3. The van der Waals surface area contributed by atoms with Crippen molar-refractivity contribution in [2.24, 2.45) is 0 Å². The third-order valence-electron chi connectivity index (χ3n) is 5.41. The topological polar surface area (TPSA) is 99.6 Å². The van der Waals surface area contributed by atoms with Crippen LogP contribution in [0.3, 0.4) is 0 Å². The average Bonchev–Trinajstić information content (AvgIpc) is 2.83. The van der Waals surface area contributed by atoms with E-state index >= 15 is 0 Å². The molecule has 0 saturated heterocycles. The molecule has 0 bridgehead atoms. The monoisotopic (exact) mass is 509 g/mol. The van der Waals surface area contributed by atoms with Gasteiger partial charge < -0.3 is 14.2 Å². The number of fused-ring (bicyclic) bond motifs is 1. The lowest BCUT2D eigenvalue weighted by molar-refractivity contribution is -0.137. The largest absolute Gasteiger partial charge is 0.493 e. The second-order valence-corrected chi connectivity index (χ2v) is 9.38. The summed E-state index contributed by atoms with van der Waals surface area (Å²) >= 11 is 0. The van der Waals surface area contributed by atoms with Gasteiger partial charge in [-0.15, -0.1) is 5.10 Å². The number of aromatic nitrogens is 2. The van der Waals surface area contributed by atoms with E-state index < -0.39 is 21.8 Å². The minimum atomic E-state index is -4.52. The summed E-state index contributed by atoms with van der Waals surface area (Å²) < 4.78 is 84.2. The Morgan fingerprint density at radius 1 is 1.11 bits per heavy atom. The molecule has 0 saturated carbocycles. The molecule has 2 aromatic carbocycles. The van der Waals surface area contributed by atoms with E-state index in [2.05, 4.69) is 14.9 Å². The molecule has 1 N–H and O–H groups in total. The molecule has 12 heteroatoms. The molecule has 4 rings (SSSR count). The molecule has 0 radical (unpaired) electrons. The van der Waals surface area contributed by atoms with Crippen molar-refractivity contribution in [2.45, 2.75) is 23.4 Å². The molecule has 1 aromatic heterocycles. The van der Waals surface area contributed by atoms with Crippen LogP contribution in [-0.2, 0) is 20.9 Å². The Bertz CT molecular complexity index is 1290. The molecule has 3 aromatic rings. The minimum absolute atomic E-state index is 0.0495. The van der Waals surface area contributed by atoms with Crippen LogP contribution in [0, 0.1) is 0 Å². The lowest BCUT2D eigenvalue weighted by atomic mass is 9.85. The van der Waals surface area contributed by atoms with Gasteiger partial charge in [-0.3, -0.25) is 4.72 Å². The van der Waals surface area contributed by atoms with Crippen molar-refractivity contribution in [1.29, 1.82) is 0 Å². The van der Waals surface area contributed by atoms with Crippen molar-refractivity contribution in [1.82, 2.24) is 10.2 Å². The first-order chi connectivity index (χ1) is 16.7. The zero-order valence-corrected chi connectivity index (χ0v) is 19.4. The smallest absolute Gasteiger partial charge is 0.416 e. The molecule has 186 valence electrons. The van der Waals surface area contributed by atoms with Crippen molar-refractivity contribution in [3.63, 3.8) is 0 Å². The third kappa shape index (κ3) is 5.65. The van der Waals surface area contributed by atoms with Crippen LogP contribution in [0.25, 0.3) is 0 Å². The summed E-state index contributed by atoms with van der Waals surface area (Å²) in [6.07, 6.45) is -2.63. The summed E-state index contributed by atoms with van der Waals surface area (Å²) in [7, 11) is -2.50. The van der Waals surface area contributed by atoms with Crippen molar-refractivity contribution in [3.8, 4) is 11.5 Å². The van der Waals surface area contributed by atoms with E-state index in [1.807, 2.05) is 0 Å². The number of hydrogen-bond donors (Lipinski definition) is 1. The summed E-state index contributed by atoms with van der Waals surface area (Å²) in [4.78, 5) is -0.0495. The van der Waals surface area contributed by atoms with Crippen molar-refractivity contribution in [3.05, 3.63) is 71.4 Å². The Balaban J connectivity index is 1.68. The van der Waals surface area contributed by atoms with Crippen molar-refractivity contribution in [2.75, 3.05) is 31.7 Å². The normalized spacial score (nSPS) is 15.7. The molecule has 2 heterocycles. The highest BCUT2D eigenvalue weighted by Crippen LogP contribution is 2.44. The number of halogens is 3. The van der Waals surface area contributed by atoms with E-state index in [1.54, 1.807) is 12.1 Å². The first-order valence-electron chi connectivity index (χ1n) is 10.6. The molecule has 0 aliphatic carbocycles. The molecule has 35 heavy (non-hydrogen) atoms. The number of ether oxygens (including phenoxy) is 3. The van der Waals surface area contributed by atoms with Gasteiger partial charge in [0.25, 0.3) is 10.0 Å². The highest BCUT2D eigenvalue weighted by Gasteiger charge is 2.33. The number of benzene rings is 2. The number of nitrogens with one attached hydrogen (secondary N) is 1. The van der Waals surface area contributed by atoms with E-state index in [4.69, 9.17) is 14.2 Å². The maximum absolute atomic E-state index is 13.3. The van der Waals surface area contributed by atoms with Gasteiger partial charge in [0.1, 0.15) is 18.1 Å². The molecule has 1 aliphatic heterocycles. The van der Waals surface area contributed by atoms with Crippen LogP contribution in [-0.4, -0.2) is 45.5 Å². The number of hydrogen-bond acceptors (Lipinski definition) is 7. The summed E-state index contributed by atoms with van der Waals surface area (Å²) in [5, 5.41) is 7.36. The van der Waals surface area contributed by atoms with Crippen LogP contribution < -0.4 is 14.2 Å². The van der Waals surface area contributed by atoms with Gasteiger partial charge in [0, 0.05) is 36.4 Å². The quantitative estimate of drug-likeness (QED) is 0.454. The molecule has 8 nitrogen and oxygen atoms in total. The number of alkyl halides is 3. The molecule has 1 unspecified atom stereocenters. The standard InChI is InChI=1S/C23H22F3N3O5S/c1-32-11-12-34-20-13-15(23(24,25)26)4-6-18(20)17-8-10-33-21-14-16(5-7-19(17)21)35(30,31)29-22-3-2-9-27-28-22/h2-7,9,13-14,17H,8,10-12H2,1H3,(H,28,29). The van der Waals surface area contributed by atoms with Gasteiger partial charge in [-0.1, -0.05) is 12.1 Å². The Morgan fingerprint density at radius 2 is 1.91 bits per heavy atom. The van der Waals surface area contributed by atoms with Crippen LogP contribution in [0.15, 0.2) is 59.6 Å². The molecule has 0 spiro atoms. The van der Waals surface area contributed by atoms with Crippen LogP contribution in [0.1, 0.15) is 29.0 Å². The van der Waals surface area contributed by atoms with Gasteiger partial charge >= 0.3 is 6.18 Å². The fourth-order valence-corrected chi connectivity index (χ4v) is 4.78. The van der Waals surface area contributed by atoms with Crippen LogP contribution in [0.4, 0.5) is 19.0 Å². The zero-order valence-electron chi connectivity index (χ0n) is 18.6. The third-order valence-corrected chi connectivity index (χ3v) is 6.76. The fraction of sp³-hybridized carbons (Fsp3) is 0.304. The zero-order chi connectivity index (χ0) is 25.1. The predicted octanol–water partition coefficient (Wildman–Crippen LogP) is 4.24. The summed E-state index contributed by atoms with van der Waals surface area (Å²) in [5.74, 6) is 0.122. The first kappa shape index (κ1) is 24.7. The number of anilines is 1. The van der Waals surface area contributed by atoms with Gasteiger partial charge in [-0.2, -0.15) is 18.3 Å². The van der Waals surface area contributed by atoms with E-state index in [-0.39, 0.29) is 42.2 Å². The Kier molecular flexibility index (Phi) is 7.13. The summed E-state index contributed by atoms with van der Waals surface area (Å²) in [5.41, 5.74) is 0.371. The van der Waals surface area contributed by atoms with Gasteiger partial charge in [-0.25, -0.2) is 8.42 Å². The summed E-state index contributed by atoms with van der Waals surface area (Å²) in [6, 6.07) is 10.8. The van der Waals surface area contributed by atoms with Gasteiger partial charge in [0.15, 0.2) is 5.82 Å². The minimum Gasteiger partial charge on any atom is -0.493 e. The summed E-state index contributed by atoms with van der Waals surface area (Å²) in [6.45, 7) is 0.531. The molecule has 1 atom stereocenters. The van der Waals surface area contributed by atoms with Gasteiger partial charge in [0.2, 0.25) is 0 Å². The van der Waals surface area contributed by atoms with E-state index in [0.29, 0.717) is 23.3 Å². The highest BCUT2D eigenvalue weighted by molar-refractivity contribution is 7.92. The molecule has 0 amide bonds. The fourth-order valence-electron chi connectivity index (χ4n) is 3.77. The molecule has 0 fully saturated rings. The number of rotatable bonds is 8. The number of sulfonamides is 1. The Morgan fingerprint density at radius 3 is 2.63 bits per heavy atom. The number of nitrogens with zero attached hydrogens (tertiary/aromatic N) is 2. The lowest BCUT2D eigenvalue weighted by Crippen LogP contribution is -2.19. The molecular formula is C23H22F3N3O5S. The van der Waals surface area contributed by atoms with Gasteiger partial charge in [-0.05, 0) is 36.8 Å². The number of methoxy groups -OCH3 is 1. The Labute approximate surface area is 200 Å². The predicted molar refractivity (Wildman–Crippen MR) is 120 cm³/mol. The maximum Gasteiger partial charge on any atom is 0.416 e. The highest BCUT2D eigenvalue weighted by atomic mass is 32.2. The second-order valence-electron chi connectivity index (χ2n) is 7.70. The van der Waals surface area contributed by atoms with Gasteiger partial charge in [0.05, 0.1) is 23.7 Å². The average molecular weight is 510 g/mol. The molecular weight excluding hydrogens is 487 g/mol. The molecule has 1 aliphatic rings. The van der Waals surface area contributed by atoms with Crippen LogP contribution >= 0.6 is 0 Å². The van der Waals surface area contributed by atoms with E-state index in [1.165, 1.54) is 37.6 Å². The van der Waals surface area contributed by atoms with Crippen LogP contribution in [0.5, 0.6) is 11.5 Å². The van der Waals surface area contributed by atoms with E-state index in [0.717, 1.165) is 12.1 Å². The van der Waals surface area contributed by atoms with Crippen molar-refractivity contribution < 1.29 is 35.8 Å². The van der Waals surface area contributed by atoms with Crippen LogP contribution in [0.2, 0.25) is 0 Å².